The number of aromatic nitrogens is 1. The quantitative estimate of drug-likeness (QED) is 0.780. The Morgan fingerprint density at radius 1 is 1.36 bits per heavy atom. The van der Waals surface area contributed by atoms with Crippen molar-refractivity contribution in [3.8, 4) is 16.6 Å². The highest BCUT2D eigenvalue weighted by Gasteiger charge is 2.16. The molecule has 0 radical (unpaired) electrons. The molecule has 0 aliphatic carbocycles. The van der Waals surface area contributed by atoms with Crippen molar-refractivity contribution in [1.29, 1.82) is 5.26 Å². The van der Waals surface area contributed by atoms with Crippen molar-refractivity contribution in [1.82, 2.24) is 4.98 Å². The highest BCUT2D eigenvalue weighted by atomic mass is 32.1. The monoisotopic (exact) mass is 325 g/mol. The molecule has 0 saturated heterocycles. The van der Waals surface area contributed by atoms with Crippen molar-refractivity contribution in [2.24, 2.45) is 0 Å². The van der Waals surface area contributed by atoms with Crippen LogP contribution in [0.15, 0.2) is 41.1 Å². The highest BCUT2D eigenvalue weighted by molar-refractivity contribution is 7.17. The summed E-state index contributed by atoms with van der Waals surface area (Å²) in [5.41, 5.74) is 2.86. The maximum absolute atomic E-state index is 12.4. The van der Waals surface area contributed by atoms with Gasteiger partial charge in [0.25, 0.3) is 5.91 Å². The molecule has 1 amide bonds. The average Bonchev–Trinajstić information content (AvgIpc) is 3.16. The summed E-state index contributed by atoms with van der Waals surface area (Å²) in [4.78, 5) is 17.4. The van der Waals surface area contributed by atoms with E-state index < -0.39 is 0 Å². The minimum atomic E-state index is -0.202. The molecular weight excluding hydrogens is 314 g/mol. The molecule has 0 unspecified atom stereocenters. The number of nitriles is 1. The third kappa shape index (κ3) is 2.91. The van der Waals surface area contributed by atoms with Crippen molar-refractivity contribution in [3.63, 3.8) is 0 Å². The molecule has 4 nitrogen and oxygen atoms in total. The summed E-state index contributed by atoms with van der Waals surface area (Å²) < 4.78 is 0. The van der Waals surface area contributed by atoms with Gasteiger partial charge in [-0.2, -0.15) is 16.6 Å². The fraction of sp³-hybridized carbons (Fsp3) is 0.0625. The Balaban J connectivity index is 1.85. The van der Waals surface area contributed by atoms with Crippen molar-refractivity contribution < 1.29 is 4.79 Å². The van der Waals surface area contributed by atoms with Gasteiger partial charge < -0.3 is 5.32 Å². The van der Waals surface area contributed by atoms with Gasteiger partial charge in [-0.3, -0.25) is 4.79 Å². The van der Waals surface area contributed by atoms with E-state index in [4.69, 9.17) is 5.26 Å². The predicted octanol–water partition coefficient (Wildman–Crippen LogP) is 4.30. The maximum atomic E-state index is 12.4. The van der Waals surface area contributed by atoms with Crippen LogP contribution in [0, 0.1) is 18.3 Å². The molecule has 1 aromatic carbocycles. The summed E-state index contributed by atoms with van der Waals surface area (Å²) in [6.07, 6.45) is 0. The maximum Gasteiger partial charge on any atom is 0.267 e. The van der Waals surface area contributed by atoms with Gasteiger partial charge in [0, 0.05) is 16.6 Å². The van der Waals surface area contributed by atoms with E-state index in [1.54, 1.807) is 35.6 Å². The Kier molecular flexibility index (Phi) is 4.00. The van der Waals surface area contributed by atoms with Gasteiger partial charge in [-0.15, -0.1) is 11.3 Å². The van der Waals surface area contributed by atoms with E-state index in [2.05, 4.69) is 16.4 Å². The molecular formula is C16H11N3OS2. The fourth-order valence-electron chi connectivity index (χ4n) is 1.97. The molecule has 0 spiro atoms. The number of rotatable bonds is 3. The second-order valence-corrected chi connectivity index (χ2v) is 6.37. The van der Waals surface area contributed by atoms with Gasteiger partial charge in [0.15, 0.2) is 0 Å². The number of aryl methyl sites for hydroxylation is 1. The highest BCUT2D eigenvalue weighted by Crippen LogP contribution is 2.29. The summed E-state index contributed by atoms with van der Waals surface area (Å²) in [6.45, 7) is 1.83. The first kappa shape index (κ1) is 14.4. The Morgan fingerprint density at radius 3 is 2.95 bits per heavy atom. The minimum Gasteiger partial charge on any atom is -0.321 e. The van der Waals surface area contributed by atoms with Gasteiger partial charge in [0.2, 0.25) is 0 Å². The summed E-state index contributed by atoms with van der Waals surface area (Å²) in [6, 6.07) is 10.9. The third-order valence-electron chi connectivity index (χ3n) is 3.02. The molecule has 0 aliphatic heterocycles. The van der Waals surface area contributed by atoms with E-state index >= 15 is 0 Å². The number of nitrogens with zero attached hydrogens (tertiary/aromatic N) is 2. The zero-order valence-corrected chi connectivity index (χ0v) is 13.3. The Morgan fingerprint density at radius 2 is 2.23 bits per heavy atom. The molecule has 0 saturated carbocycles. The van der Waals surface area contributed by atoms with Gasteiger partial charge in [0.1, 0.15) is 9.88 Å². The zero-order chi connectivity index (χ0) is 15.5. The first-order valence-corrected chi connectivity index (χ1v) is 8.25. The van der Waals surface area contributed by atoms with Crippen LogP contribution in [0.5, 0.6) is 0 Å². The lowest BCUT2D eigenvalue weighted by Crippen LogP contribution is -2.11. The van der Waals surface area contributed by atoms with Gasteiger partial charge in [-0.1, -0.05) is 6.07 Å². The second kappa shape index (κ2) is 6.10. The lowest BCUT2D eigenvalue weighted by atomic mass is 10.2. The second-order valence-electron chi connectivity index (χ2n) is 4.59. The van der Waals surface area contributed by atoms with E-state index in [0.717, 1.165) is 10.6 Å². The lowest BCUT2D eigenvalue weighted by molar-refractivity contribution is 0.103. The summed E-state index contributed by atoms with van der Waals surface area (Å²) in [7, 11) is 0. The first-order valence-electron chi connectivity index (χ1n) is 6.49. The molecule has 22 heavy (non-hydrogen) atoms. The molecule has 3 rings (SSSR count). The molecule has 0 aliphatic rings. The number of hydrogen-bond acceptors (Lipinski definition) is 5. The number of hydrogen-bond donors (Lipinski definition) is 1. The Bertz CT molecular complexity index is 860. The van der Waals surface area contributed by atoms with E-state index in [-0.39, 0.29) is 5.91 Å². The van der Waals surface area contributed by atoms with E-state index in [0.29, 0.717) is 21.8 Å². The van der Waals surface area contributed by atoms with Crippen molar-refractivity contribution >= 4 is 34.3 Å². The molecule has 2 aromatic heterocycles. The van der Waals surface area contributed by atoms with Crippen LogP contribution in [0.2, 0.25) is 0 Å². The van der Waals surface area contributed by atoms with E-state index in [9.17, 15) is 4.79 Å². The van der Waals surface area contributed by atoms with Crippen LogP contribution in [0.3, 0.4) is 0 Å². The topological polar surface area (TPSA) is 65.8 Å². The SMILES string of the molecule is Cc1nc(-c2ccsc2)sc1C(=O)Nc1cccc(C#N)c1. The smallest absolute Gasteiger partial charge is 0.267 e. The zero-order valence-electron chi connectivity index (χ0n) is 11.7. The van der Waals surface area contributed by atoms with Crippen LogP contribution in [0.1, 0.15) is 20.9 Å². The predicted molar refractivity (Wildman–Crippen MR) is 89.3 cm³/mol. The van der Waals surface area contributed by atoms with Crippen molar-refractivity contribution in [2.75, 3.05) is 5.32 Å². The fourth-order valence-corrected chi connectivity index (χ4v) is 3.64. The lowest BCUT2D eigenvalue weighted by Gasteiger charge is -2.03. The Labute approximate surface area is 135 Å². The van der Waals surface area contributed by atoms with Crippen LogP contribution < -0.4 is 5.32 Å². The average molecular weight is 325 g/mol. The number of carbonyl (C=O) groups is 1. The van der Waals surface area contributed by atoms with Crippen LogP contribution in [-0.4, -0.2) is 10.9 Å². The molecule has 1 N–H and O–H groups in total. The molecule has 0 fully saturated rings. The standard InChI is InChI=1S/C16H11N3OS2/c1-10-14(22-16(18-10)12-5-6-21-9-12)15(20)19-13-4-2-3-11(7-13)8-17/h2-7,9H,1H3,(H,19,20). The largest absolute Gasteiger partial charge is 0.321 e. The van der Waals surface area contributed by atoms with Crippen molar-refractivity contribution in [2.45, 2.75) is 6.92 Å². The number of anilines is 1. The van der Waals surface area contributed by atoms with Crippen LogP contribution in [0.25, 0.3) is 10.6 Å². The number of nitrogens with one attached hydrogen (secondary N) is 1. The van der Waals surface area contributed by atoms with Gasteiger partial charge >= 0.3 is 0 Å². The Hall–Kier alpha value is -2.49. The number of carbonyl (C=O) groups excluding carboxylic acids is 1. The van der Waals surface area contributed by atoms with Crippen LogP contribution >= 0.6 is 22.7 Å². The van der Waals surface area contributed by atoms with Crippen LogP contribution in [0.4, 0.5) is 5.69 Å². The number of thiophene rings is 1. The summed E-state index contributed by atoms with van der Waals surface area (Å²) in [5, 5.41) is 16.5. The normalized spacial score (nSPS) is 10.2. The molecule has 6 heteroatoms. The molecule has 3 aromatic rings. The molecule has 2 heterocycles. The van der Waals surface area contributed by atoms with Gasteiger partial charge in [-0.25, -0.2) is 4.98 Å². The van der Waals surface area contributed by atoms with Gasteiger partial charge in [-0.05, 0) is 36.6 Å². The number of amides is 1. The van der Waals surface area contributed by atoms with E-state index in [1.165, 1.54) is 11.3 Å². The molecule has 0 bridgehead atoms. The third-order valence-corrected chi connectivity index (χ3v) is 4.91. The summed E-state index contributed by atoms with van der Waals surface area (Å²) >= 11 is 2.97. The first-order chi connectivity index (χ1) is 10.7. The van der Waals surface area contributed by atoms with E-state index in [1.807, 2.05) is 23.8 Å². The molecule has 108 valence electrons. The molecule has 0 atom stereocenters. The van der Waals surface area contributed by atoms with Crippen LogP contribution in [-0.2, 0) is 0 Å². The number of thiazole rings is 1. The number of benzene rings is 1. The minimum absolute atomic E-state index is 0.202. The van der Waals surface area contributed by atoms with Crippen molar-refractivity contribution in [3.05, 3.63) is 57.2 Å². The summed E-state index contributed by atoms with van der Waals surface area (Å²) in [5.74, 6) is -0.202. The van der Waals surface area contributed by atoms with Gasteiger partial charge in [0.05, 0.1) is 17.3 Å².